The van der Waals surface area contributed by atoms with Gasteiger partial charge < -0.3 is 5.11 Å². The number of aromatic amines is 1. The van der Waals surface area contributed by atoms with Crippen LogP contribution in [-0.2, 0) is 14.8 Å². The maximum atomic E-state index is 12.7. The Morgan fingerprint density at radius 1 is 1.38 bits per heavy atom. The third-order valence-electron chi connectivity index (χ3n) is 4.47. The number of carbonyl (C=O) groups is 1. The molecule has 1 aliphatic rings. The third kappa shape index (κ3) is 2.57. The van der Waals surface area contributed by atoms with E-state index in [4.69, 9.17) is 0 Å². The summed E-state index contributed by atoms with van der Waals surface area (Å²) in [5.74, 6) is -0.835. The Morgan fingerprint density at radius 2 is 1.95 bits per heavy atom. The fraction of sp³-hybridized carbons (Fsp3) is 0.692. The molecule has 1 aromatic rings. The lowest BCUT2D eigenvalue weighted by Crippen LogP contribution is -2.46. The van der Waals surface area contributed by atoms with E-state index in [9.17, 15) is 18.3 Å². The van der Waals surface area contributed by atoms with Gasteiger partial charge in [-0.25, -0.2) is 8.42 Å². The SMILES string of the molecule is CCC1(C(=O)O)CCN(S(=O)(=O)c2c(C)n[nH]c2C)CC1. The second kappa shape index (κ2) is 5.42. The summed E-state index contributed by atoms with van der Waals surface area (Å²) in [5, 5.41) is 16.0. The van der Waals surface area contributed by atoms with Crippen LogP contribution in [0.2, 0.25) is 0 Å². The minimum absolute atomic E-state index is 0.210. The summed E-state index contributed by atoms with van der Waals surface area (Å²) in [6, 6.07) is 0. The van der Waals surface area contributed by atoms with Crippen molar-refractivity contribution in [2.24, 2.45) is 5.41 Å². The summed E-state index contributed by atoms with van der Waals surface area (Å²) >= 11 is 0. The van der Waals surface area contributed by atoms with Crippen LogP contribution in [0.3, 0.4) is 0 Å². The van der Waals surface area contributed by atoms with Crippen LogP contribution in [0.15, 0.2) is 4.90 Å². The van der Waals surface area contributed by atoms with E-state index in [0.29, 0.717) is 30.7 Å². The third-order valence-corrected chi connectivity index (χ3v) is 6.63. The lowest BCUT2D eigenvalue weighted by Gasteiger charge is -2.37. The first-order valence-corrected chi connectivity index (χ1v) is 8.44. The number of carboxylic acids is 1. The van der Waals surface area contributed by atoms with E-state index in [-0.39, 0.29) is 18.0 Å². The molecule has 0 aromatic carbocycles. The molecule has 0 radical (unpaired) electrons. The highest BCUT2D eigenvalue weighted by molar-refractivity contribution is 7.89. The molecule has 0 amide bonds. The van der Waals surface area contributed by atoms with Gasteiger partial charge in [0, 0.05) is 13.1 Å². The molecule has 1 fully saturated rings. The Morgan fingerprint density at radius 3 is 2.33 bits per heavy atom. The number of nitrogens with zero attached hydrogens (tertiary/aromatic N) is 2. The number of nitrogens with one attached hydrogen (secondary N) is 1. The number of sulfonamides is 1. The normalized spacial score (nSPS) is 19.6. The number of carboxylic acid groups (broad SMARTS) is 1. The smallest absolute Gasteiger partial charge is 0.309 e. The summed E-state index contributed by atoms with van der Waals surface area (Å²) in [4.78, 5) is 11.6. The van der Waals surface area contributed by atoms with Crippen LogP contribution in [0, 0.1) is 19.3 Å². The zero-order valence-corrected chi connectivity index (χ0v) is 13.3. The largest absolute Gasteiger partial charge is 0.481 e. The van der Waals surface area contributed by atoms with Gasteiger partial charge in [-0.3, -0.25) is 9.89 Å². The summed E-state index contributed by atoms with van der Waals surface area (Å²) in [6.45, 7) is 5.61. The van der Waals surface area contributed by atoms with E-state index in [1.54, 1.807) is 13.8 Å². The van der Waals surface area contributed by atoms with E-state index < -0.39 is 21.4 Å². The first-order valence-electron chi connectivity index (χ1n) is 7.00. The highest BCUT2D eigenvalue weighted by Crippen LogP contribution is 2.37. The Balaban J connectivity index is 2.25. The molecule has 0 unspecified atom stereocenters. The summed E-state index contributed by atoms with van der Waals surface area (Å²) in [6.07, 6.45) is 1.20. The van der Waals surface area contributed by atoms with Crippen LogP contribution >= 0.6 is 0 Å². The zero-order valence-electron chi connectivity index (χ0n) is 12.5. The highest BCUT2D eigenvalue weighted by Gasteiger charge is 2.43. The Bertz CT molecular complexity index is 623. The summed E-state index contributed by atoms with van der Waals surface area (Å²) in [7, 11) is -3.62. The average molecular weight is 315 g/mol. The Kier molecular flexibility index (Phi) is 4.12. The average Bonchev–Trinajstić information content (AvgIpc) is 2.78. The molecule has 0 bridgehead atoms. The van der Waals surface area contributed by atoms with Gasteiger partial charge in [0.1, 0.15) is 4.90 Å². The number of rotatable bonds is 4. The van der Waals surface area contributed by atoms with Gasteiger partial charge in [-0.2, -0.15) is 9.40 Å². The van der Waals surface area contributed by atoms with Gasteiger partial charge >= 0.3 is 5.97 Å². The topological polar surface area (TPSA) is 103 Å². The van der Waals surface area contributed by atoms with Crippen molar-refractivity contribution in [2.45, 2.75) is 44.9 Å². The van der Waals surface area contributed by atoms with E-state index in [1.165, 1.54) is 4.31 Å². The maximum absolute atomic E-state index is 12.7. The van der Waals surface area contributed by atoms with Gasteiger partial charge in [0.15, 0.2) is 0 Å². The number of piperidine rings is 1. The molecule has 0 spiro atoms. The number of aliphatic carboxylic acids is 1. The van der Waals surface area contributed by atoms with Crippen LogP contribution in [0.25, 0.3) is 0 Å². The second-order valence-corrected chi connectivity index (χ2v) is 7.48. The van der Waals surface area contributed by atoms with Gasteiger partial charge in [0.05, 0.1) is 16.8 Å². The monoisotopic (exact) mass is 315 g/mol. The molecular weight excluding hydrogens is 294 g/mol. The molecule has 2 rings (SSSR count). The van der Waals surface area contributed by atoms with Crippen LogP contribution in [0.4, 0.5) is 0 Å². The number of H-pyrrole nitrogens is 1. The summed E-state index contributed by atoms with van der Waals surface area (Å²) in [5.41, 5.74) is 0.156. The van der Waals surface area contributed by atoms with E-state index in [1.807, 2.05) is 6.92 Å². The molecule has 7 nitrogen and oxygen atoms in total. The molecule has 21 heavy (non-hydrogen) atoms. The van der Waals surface area contributed by atoms with Crippen molar-refractivity contribution < 1.29 is 18.3 Å². The first-order chi connectivity index (χ1) is 9.74. The van der Waals surface area contributed by atoms with Crippen molar-refractivity contribution in [1.82, 2.24) is 14.5 Å². The minimum Gasteiger partial charge on any atom is -0.481 e. The Hall–Kier alpha value is -1.41. The molecule has 8 heteroatoms. The molecule has 118 valence electrons. The van der Waals surface area contributed by atoms with Gasteiger partial charge in [0.2, 0.25) is 10.0 Å². The van der Waals surface area contributed by atoms with Gasteiger partial charge in [-0.1, -0.05) is 6.92 Å². The van der Waals surface area contributed by atoms with E-state index >= 15 is 0 Å². The molecular formula is C13H21N3O4S. The zero-order chi connectivity index (χ0) is 15.8. The van der Waals surface area contributed by atoms with Crippen molar-refractivity contribution in [1.29, 1.82) is 0 Å². The number of aromatic nitrogens is 2. The maximum Gasteiger partial charge on any atom is 0.309 e. The fourth-order valence-electron chi connectivity index (χ4n) is 2.92. The second-order valence-electron chi connectivity index (χ2n) is 5.61. The molecule has 0 atom stereocenters. The lowest BCUT2D eigenvalue weighted by atomic mass is 9.77. The Labute approximate surface area is 124 Å². The quantitative estimate of drug-likeness (QED) is 0.871. The van der Waals surface area contributed by atoms with Crippen molar-refractivity contribution in [3.63, 3.8) is 0 Å². The predicted octanol–water partition coefficient (Wildman–Crippen LogP) is 1.29. The van der Waals surface area contributed by atoms with Crippen molar-refractivity contribution in [3.8, 4) is 0 Å². The van der Waals surface area contributed by atoms with Crippen LogP contribution in [0.5, 0.6) is 0 Å². The van der Waals surface area contributed by atoms with Crippen LogP contribution < -0.4 is 0 Å². The molecule has 0 aliphatic carbocycles. The van der Waals surface area contributed by atoms with E-state index in [2.05, 4.69) is 10.2 Å². The standard InChI is InChI=1S/C13H21N3O4S/c1-4-13(12(17)18)5-7-16(8-6-13)21(19,20)11-9(2)14-15-10(11)3/h4-8H2,1-3H3,(H,14,15)(H,17,18). The van der Waals surface area contributed by atoms with Gasteiger partial charge in [0.25, 0.3) is 0 Å². The van der Waals surface area contributed by atoms with Gasteiger partial charge in [-0.05, 0) is 33.1 Å². The number of hydrogen-bond donors (Lipinski definition) is 2. The van der Waals surface area contributed by atoms with E-state index in [0.717, 1.165) is 0 Å². The molecule has 1 saturated heterocycles. The molecule has 2 heterocycles. The number of aryl methyl sites for hydroxylation is 2. The lowest BCUT2D eigenvalue weighted by molar-refractivity contribution is -0.151. The predicted molar refractivity (Wildman–Crippen MR) is 76.4 cm³/mol. The summed E-state index contributed by atoms with van der Waals surface area (Å²) < 4.78 is 26.7. The van der Waals surface area contributed by atoms with Gasteiger partial charge in [-0.15, -0.1) is 0 Å². The molecule has 1 aromatic heterocycles. The van der Waals surface area contributed by atoms with Crippen molar-refractivity contribution >= 4 is 16.0 Å². The molecule has 1 aliphatic heterocycles. The van der Waals surface area contributed by atoms with Crippen LogP contribution in [0.1, 0.15) is 37.6 Å². The highest BCUT2D eigenvalue weighted by atomic mass is 32.2. The molecule has 2 N–H and O–H groups in total. The minimum atomic E-state index is -3.62. The fourth-order valence-corrected chi connectivity index (χ4v) is 4.70. The van der Waals surface area contributed by atoms with Crippen molar-refractivity contribution in [2.75, 3.05) is 13.1 Å². The molecule has 0 saturated carbocycles. The van der Waals surface area contributed by atoms with Crippen LogP contribution in [-0.4, -0.2) is 47.1 Å². The number of hydrogen-bond acceptors (Lipinski definition) is 4. The van der Waals surface area contributed by atoms with Crippen molar-refractivity contribution in [3.05, 3.63) is 11.4 Å². The first kappa shape index (κ1) is 16.0.